The lowest BCUT2D eigenvalue weighted by molar-refractivity contribution is -0.394. The molecule has 0 saturated carbocycles. The molecule has 170 valence electrons. The minimum Gasteiger partial charge on any atom is -0.483 e. The van der Waals surface area contributed by atoms with Crippen molar-refractivity contribution in [2.75, 3.05) is 19.7 Å². The molecule has 2 atom stereocenters. The number of ether oxygens (including phenoxy) is 1. The number of nitro benzene ring substituents is 2. The highest BCUT2D eigenvalue weighted by Crippen LogP contribution is 2.27. The van der Waals surface area contributed by atoms with E-state index in [9.17, 15) is 29.4 Å². The van der Waals surface area contributed by atoms with E-state index in [1.807, 2.05) is 13.8 Å². The molecule has 0 bridgehead atoms. The van der Waals surface area contributed by atoms with Gasteiger partial charge in [-0.05, 0) is 31.5 Å². The van der Waals surface area contributed by atoms with Crippen molar-refractivity contribution < 1.29 is 23.8 Å². The van der Waals surface area contributed by atoms with Crippen LogP contribution in [0.15, 0.2) is 42.5 Å². The van der Waals surface area contributed by atoms with Crippen LogP contribution in [0.5, 0.6) is 5.75 Å². The van der Waals surface area contributed by atoms with E-state index in [-0.39, 0.29) is 29.6 Å². The smallest absolute Gasteiger partial charge is 0.280 e. The Morgan fingerprint density at radius 3 is 2.19 bits per heavy atom. The van der Waals surface area contributed by atoms with Gasteiger partial charge in [0.05, 0.1) is 28.0 Å². The van der Waals surface area contributed by atoms with Gasteiger partial charge in [0.1, 0.15) is 11.6 Å². The van der Waals surface area contributed by atoms with Crippen molar-refractivity contribution in [1.29, 1.82) is 0 Å². The summed E-state index contributed by atoms with van der Waals surface area (Å²) in [6.45, 7) is 5.17. The van der Waals surface area contributed by atoms with Gasteiger partial charge in [-0.1, -0.05) is 12.1 Å². The third-order valence-electron chi connectivity index (χ3n) is 5.39. The van der Waals surface area contributed by atoms with Crippen LogP contribution in [0.2, 0.25) is 0 Å². The lowest BCUT2D eigenvalue weighted by Gasteiger charge is -2.44. The molecule has 1 saturated heterocycles. The normalized spacial score (nSPS) is 18.9. The van der Waals surface area contributed by atoms with Gasteiger partial charge in [-0.25, -0.2) is 4.39 Å². The highest BCUT2D eigenvalue weighted by molar-refractivity contribution is 5.78. The van der Waals surface area contributed by atoms with Crippen LogP contribution < -0.4 is 4.74 Å². The second kappa shape index (κ2) is 9.69. The summed E-state index contributed by atoms with van der Waals surface area (Å²) in [5, 5.41) is 22.0. The van der Waals surface area contributed by atoms with Gasteiger partial charge in [0, 0.05) is 31.7 Å². The van der Waals surface area contributed by atoms with Gasteiger partial charge in [0.2, 0.25) is 0 Å². The number of non-ortho nitro benzene ring substituents is 2. The Hall–Kier alpha value is -3.60. The number of amides is 1. The fourth-order valence-corrected chi connectivity index (χ4v) is 3.68. The van der Waals surface area contributed by atoms with E-state index in [0.717, 1.165) is 23.8 Å². The monoisotopic (exact) mass is 446 g/mol. The first kappa shape index (κ1) is 23.1. The Balaban J connectivity index is 1.62. The Labute approximate surface area is 183 Å². The number of hydrogen-bond acceptors (Lipinski definition) is 7. The number of rotatable bonds is 7. The largest absolute Gasteiger partial charge is 0.483 e. The molecule has 1 aliphatic heterocycles. The fraction of sp³-hybridized carbons (Fsp3) is 0.381. The van der Waals surface area contributed by atoms with Gasteiger partial charge in [-0.2, -0.15) is 0 Å². The highest BCUT2D eigenvalue weighted by Gasteiger charge is 2.32. The zero-order valence-corrected chi connectivity index (χ0v) is 17.6. The first-order valence-electron chi connectivity index (χ1n) is 9.98. The fourth-order valence-electron chi connectivity index (χ4n) is 3.68. The summed E-state index contributed by atoms with van der Waals surface area (Å²) in [5.41, 5.74) is -0.00285. The van der Waals surface area contributed by atoms with Crippen LogP contribution >= 0.6 is 0 Å². The maximum absolute atomic E-state index is 13.1. The van der Waals surface area contributed by atoms with Crippen molar-refractivity contribution in [1.82, 2.24) is 9.80 Å². The molecule has 0 spiro atoms. The Bertz CT molecular complexity index is 984. The summed E-state index contributed by atoms with van der Waals surface area (Å²) in [6, 6.07) is 9.14. The van der Waals surface area contributed by atoms with Gasteiger partial charge in [0.25, 0.3) is 17.3 Å². The molecule has 1 aliphatic rings. The number of benzene rings is 2. The highest BCUT2D eigenvalue weighted by atomic mass is 19.1. The van der Waals surface area contributed by atoms with Crippen LogP contribution in [0, 0.1) is 26.0 Å². The standard InChI is InChI=1S/C21H23FN4O6/c1-14-11-24(15(2)10-23(14)12-16-3-5-17(22)6-4-16)21(27)13-32-20-8-18(25(28)29)7-19(9-20)26(30)31/h3-9,14-15H,10-13H2,1-2H3/t14-,15+/m1/s1. The van der Waals surface area contributed by atoms with Gasteiger partial charge in [0.15, 0.2) is 6.61 Å². The van der Waals surface area contributed by atoms with Crippen LogP contribution in [0.25, 0.3) is 0 Å². The molecule has 0 aliphatic carbocycles. The average molecular weight is 446 g/mol. The summed E-state index contributed by atoms with van der Waals surface area (Å²) in [5.74, 6) is -0.727. The Morgan fingerprint density at radius 1 is 1.03 bits per heavy atom. The molecule has 1 fully saturated rings. The lowest BCUT2D eigenvalue weighted by atomic mass is 10.1. The maximum atomic E-state index is 13.1. The number of halogens is 1. The van der Waals surface area contributed by atoms with Gasteiger partial charge in [-0.3, -0.25) is 29.9 Å². The quantitative estimate of drug-likeness (QED) is 0.473. The Morgan fingerprint density at radius 2 is 1.62 bits per heavy atom. The molecule has 11 heteroatoms. The van der Waals surface area contributed by atoms with E-state index in [2.05, 4.69) is 4.90 Å². The predicted octanol–water partition coefficient (Wildman–Crippen LogP) is 3.14. The number of hydrogen-bond donors (Lipinski definition) is 0. The van der Waals surface area contributed by atoms with Gasteiger partial charge in [-0.15, -0.1) is 0 Å². The van der Waals surface area contributed by atoms with Gasteiger partial charge < -0.3 is 9.64 Å². The van der Waals surface area contributed by atoms with Crippen LogP contribution in [0.1, 0.15) is 19.4 Å². The molecule has 2 aromatic carbocycles. The number of carbonyl (C=O) groups is 1. The summed E-state index contributed by atoms with van der Waals surface area (Å²) in [6.07, 6.45) is 0. The SMILES string of the molecule is C[C@@H]1CN(C(=O)COc2cc([N+](=O)[O-])cc([N+](=O)[O-])c2)[C@@H](C)CN1Cc1ccc(F)cc1. The molecule has 2 aromatic rings. The van der Waals surface area contributed by atoms with Crippen molar-refractivity contribution in [2.45, 2.75) is 32.5 Å². The van der Waals surface area contributed by atoms with E-state index >= 15 is 0 Å². The molecular weight excluding hydrogens is 423 g/mol. The molecule has 0 N–H and O–H groups in total. The van der Waals surface area contributed by atoms with Crippen LogP contribution in [0.4, 0.5) is 15.8 Å². The lowest BCUT2D eigenvalue weighted by Crippen LogP contribution is -2.58. The van der Waals surface area contributed by atoms with Crippen LogP contribution in [-0.2, 0) is 11.3 Å². The van der Waals surface area contributed by atoms with Crippen molar-refractivity contribution in [3.05, 3.63) is 74.1 Å². The molecule has 3 rings (SSSR count). The molecule has 1 amide bonds. The van der Waals surface area contributed by atoms with Crippen molar-refractivity contribution in [3.8, 4) is 5.75 Å². The molecule has 0 unspecified atom stereocenters. The summed E-state index contributed by atoms with van der Waals surface area (Å²) in [4.78, 5) is 37.1. The number of piperazine rings is 1. The van der Waals surface area contributed by atoms with Crippen molar-refractivity contribution in [3.63, 3.8) is 0 Å². The Kier molecular flexibility index (Phi) is 6.98. The van der Waals surface area contributed by atoms with E-state index in [1.54, 1.807) is 17.0 Å². The second-order valence-electron chi connectivity index (χ2n) is 7.79. The molecular formula is C21H23FN4O6. The summed E-state index contributed by atoms with van der Waals surface area (Å²) in [7, 11) is 0. The number of nitrogens with zero attached hydrogens (tertiary/aromatic N) is 4. The zero-order valence-electron chi connectivity index (χ0n) is 17.6. The topological polar surface area (TPSA) is 119 Å². The van der Waals surface area contributed by atoms with Gasteiger partial charge >= 0.3 is 0 Å². The van der Waals surface area contributed by atoms with E-state index < -0.39 is 27.8 Å². The molecule has 1 heterocycles. The molecule has 0 aromatic heterocycles. The second-order valence-corrected chi connectivity index (χ2v) is 7.79. The van der Waals surface area contributed by atoms with Crippen LogP contribution in [-0.4, -0.2) is 57.3 Å². The minimum absolute atomic E-state index is 0.0408. The first-order chi connectivity index (χ1) is 15.1. The zero-order chi connectivity index (χ0) is 23.4. The van der Waals surface area contributed by atoms with E-state index in [1.165, 1.54) is 12.1 Å². The minimum atomic E-state index is -0.758. The molecule has 10 nitrogen and oxygen atoms in total. The number of nitro groups is 2. The van der Waals surface area contributed by atoms with E-state index in [4.69, 9.17) is 4.74 Å². The van der Waals surface area contributed by atoms with E-state index in [0.29, 0.717) is 19.6 Å². The average Bonchev–Trinajstić information content (AvgIpc) is 2.75. The maximum Gasteiger partial charge on any atom is 0.280 e. The summed E-state index contributed by atoms with van der Waals surface area (Å²) < 4.78 is 18.5. The third kappa shape index (κ3) is 5.55. The van der Waals surface area contributed by atoms with Crippen molar-refractivity contribution >= 4 is 17.3 Å². The van der Waals surface area contributed by atoms with Crippen LogP contribution in [0.3, 0.4) is 0 Å². The molecule has 32 heavy (non-hydrogen) atoms. The third-order valence-corrected chi connectivity index (χ3v) is 5.39. The van der Waals surface area contributed by atoms with Crippen molar-refractivity contribution in [2.24, 2.45) is 0 Å². The molecule has 0 radical (unpaired) electrons. The first-order valence-corrected chi connectivity index (χ1v) is 9.98. The predicted molar refractivity (Wildman–Crippen MR) is 113 cm³/mol. The summed E-state index contributed by atoms with van der Waals surface area (Å²) >= 11 is 0. The number of carbonyl (C=O) groups excluding carboxylic acids is 1.